The van der Waals surface area contributed by atoms with Crippen LogP contribution in [0.4, 0.5) is 5.00 Å². The van der Waals surface area contributed by atoms with Crippen molar-refractivity contribution in [1.82, 2.24) is 0 Å². The molecule has 0 bridgehead atoms. The third-order valence-electron chi connectivity index (χ3n) is 5.35. The Hall–Kier alpha value is -2.21. The fourth-order valence-electron chi connectivity index (χ4n) is 3.70. The van der Waals surface area contributed by atoms with Crippen LogP contribution in [0, 0.1) is 12.8 Å². The average molecular weight is 416 g/mol. The minimum absolute atomic E-state index is 0.128. The Bertz CT molecular complexity index is 917. The molecule has 29 heavy (non-hydrogen) atoms. The molecule has 3 rings (SSSR count). The minimum Gasteiger partial charge on any atom is -0.459 e. The van der Waals surface area contributed by atoms with Crippen LogP contribution < -0.4 is 9.88 Å². The molecule has 0 radical (unpaired) electrons. The summed E-state index contributed by atoms with van der Waals surface area (Å²) >= 11 is 1.53. The van der Waals surface area contributed by atoms with E-state index in [-0.39, 0.29) is 24.5 Å². The van der Waals surface area contributed by atoms with E-state index in [1.165, 1.54) is 21.8 Å². The van der Waals surface area contributed by atoms with Gasteiger partial charge in [0.1, 0.15) is 5.00 Å². The lowest BCUT2D eigenvalue weighted by molar-refractivity contribution is -0.690. The predicted octanol–water partition coefficient (Wildman–Crippen LogP) is 4.24. The summed E-state index contributed by atoms with van der Waals surface area (Å²) in [6.07, 6.45) is 5.60. The molecule has 1 amide bonds. The number of hydrogen-bond donors (Lipinski definition) is 1. The van der Waals surface area contributed by atoms with Gasteiger partial charge >= 0.3 is 5.97 Å². The maximum Gasteiger partial charge on any atom is 0.341 e. The Morgan fingerprint density at radius 3 is 2.79 bits per heavy atom. The summed E-state index contributed by atoms with van der Waals surface area (Å²) in [4.78, 5) is 26.8. The van der Waals surface area contributed by atoms with Gasteiger partial charge < -0.3 is 10.1 Å². The third kappa shape index (κ3) is 5.04. The second-order valence-electron chi connectivity index (χ2n) is 8.22. The molecule has 2 heterocycles. The quantitative estimate of drug-likeness (QED) is 0.567. The van der Waals surface area contributed by atoms with Crippen molar-refractivity contribution in [2.45, 2.75) is 73.0 Å². The van der Waals surface area contributed by atoms with Crippen LogP contribution in [0.5, 0.6) is 0 Å². The number of carbonyl (C=O) groups excluding carboxylic acids is 2. The van der Waals surface area contributed by atoms with E-state index in [0.29, 0.717) is 16.5 Å². The molecule has 5 nitrogen and oxygen atoms in total. The number of aryl methyl sites for hydroxylation is 2. The van der Waals surface area contributed by atoms with E-state index in [1.807, 2.05) is 37.6 Å². The molecule has 0 unspecified atom stereocenters. The van der Waals surface area contributed by atoms with Crippen molar-refractivity contribution >= 4 is 28.2 Å². The number of esters is 1. The first-order valence-electron chi connectivity index (χ1n) is 10.4. The molecule has 1 aliphatic carbocycles. The van der Waals surface area contributed by atoms with Crippen LogP contribution in [0.1, 0.15) is 66.2 Å². The second-order valence-corrected chi connectivity index (χ2v) is 9.32. The summed E-state index contributed by atoms with van der Waals surface area (Å²) in [5.41, 5.74) is 3.83. The smallest absolute Gasteiger partial charge is 0.341 e. The van der Waals surface area contributed by atoms with E-state index < -0.39 is 0 Å². The van der Waals surface area contributed by atoms with Gasteiger partial charge in [-0.1, -0.05) is 13.8 Å². The first-order chi connectivity index (χ1) is 13.8. The molecule has 0 aromatic carbocycles. The highest BCUT2D eigenvalue weighted by Crippen LogP contribution is 2.40. The zero-order valence-corrected chi connectivity index (χ0v) is 18.8. The number of nitrogens with one attached hydrogen (secondary N) is 1. The molecule has 0 saturated carbocycles. The lowest BCUT2D eigenvalue weighted by Crippen LogP contribution is -2.43. The zero-order valence-electron chi connectivity index (χ0n) is 18.0. The fraction of sp³-hybridized carbons (Fsp3) is 0.522. The number of carbonyl (C=O) groups is 2. The SMILES string of the molecule is CCc1ccc(C)[n+](CC(=O)Nc2sc3c(c2C(=O)OC(C)C)CC[C@@H](C)C3)c1. The maximum absolute atomic E-state index is 12.8. The first-order valence-corrected chi connectivity index (χ1v) is 11.2. The average Bonchev–Trinajstić information content (AvgIpc) is 2.99. The van der Waals surface area contributed by atoms with Crippen LogP contribution in [0.3, 0.4) is 0 Å². The molecule has 1 N–H and O–H groups in total. The van der Waals surface area contributed by atoms with E-state index in [1.54, 1.807) is 0 Å². The number of fused-ring (bicyclic) bond motifs is 1. The molecule has 2 aromatic heterocycles. The minimum atomic E-state index is -0.334. The summed E-state index contributed by atoms with van der Waals surface area (Å²) in [6, 6.07) is 4.11. The summed E-state index contributed by atoms with van der Waals surface area (Å²) < 4.78 is 7.44. The van der Waals surface area contributed by atoms with Gasteiger partial charge in [0.05, 0.1) is 11.7 Å². The first kappa shape index (κ1) is 21.5. The molecule has 1 aliphatic rings. The van der Waals surface area contributed by atoms with E-state index in [2.05, 4.69) is 25.2 Å². The van der Waals surface area contributed by atoms with Crippen molar-refractivity contribution < 1.29 is 18.9 Å². The number of ether oxygens (including phenoxy) is 1. The van der Waals surface area contributed by atoms with Gasteiger partial charge in [0, 0.05) is 23.4 Å². The number of rotatable bonds is 6. The van der Waals surface area contributed by atoms with Gasteiger partial charge in [0.2, 0.25) is 6.54 Å². The van der Waals surface area contributed by atoms with Crippen molar-refractivity contribution in [3.63, 3.8) is 0 Å². The molecular formula is C23H31N2O3S+. The van der Waals surface area contributed by atoms with Gasteiger partial charge in [0.15, 0.2) is 11.9 Å². The van der Waals surface area contributed by atoms with Crippen molar-refractivity contribution in [1.29, 1.82) is 0 Å². The number of aromatic nitrogens is 1. The summed E-state index contributed by atoms with van der Waals surface area (Å²) in [7, 11) is 0. The standard InChI is InChI=1S/C23H30N2O3S/c1-6-17-9-8-16(5)25(12-17)13-20(26)24-22-21(23(27)28-14(2)3)18-10-7-15(4)11-19(18)29-22/h8-9,12,14-15H,6-7,10-11,13H2,1-5H3/p+1/t15-/m1/s1. The third-order valence-corrected chi connectivity index (χ3v) is 6.52. The number of pyridine rings is 1. The Morgan fingerprint density at radius 1 is 1.34 bits per heavy atom. The van der Waals surface area contributed by atoms with E-state index in [0.717, 1.165) is 36.9 Å². The maximum atomic E-state index is 12.8. The molecular weight excluding hydrogens is 384 g/mol. The van der Waals surface area contributed by atoms with Crippen molar-refractivity contribution in [3.8, 4) is 0 Å². The molecule has 6 heteroatoms. The molecule has 2 aromatic rings. The van der Waals surface area contributed by atoms with Gasteiger partial charge in [-0.05, 0) is 57.1 Å². The molecule has 1 atom stereocenters. The molecule has 0 fully saturated rings. The lowest BCUT2D eigenvalue weighted by atomic mass is 9.88. The topological polar surface area (TPSA) is 59.3 Å². The summed E-state index contributed by atoms with van der Waals surface area (Å²) in [5, 5.41) is 3.64. The van der Waals surface area contributed by atoms with Crippen molar-refractivity contribution in [3.05, 3.63) is 45.6 Å². The highest BCUT2D eigenvalue weighted by Gasteiger charge is 2.30. The number of anilines is 1. The monoisotopic (exact) mass is 415 g/mol. The molecule has 0 spiro atoms. The van der Waals surface area contributed by atoms with Gasteiger partial charge in [-0.3, -0.25) is 4.79 Å². The normalized spacial score (nSPS) is 15.9. The van der Waals surface area contributed by atoms with E-state index in [9.17, 15) is 9.59 Å². The van der Waals surface area contributed by atoms with E-state index >= 15 is 0 Å². The van der Waals surface area contributed by atoms with Crippen molar-refractivity contribution in [2.75, 3.05) is 5.32 Å². The largest absolute Gasteiger partial charge is 0.459 e. The van der Waals surface area contributed by atoms with Crippen LogP contribution >= 0.6 is 11.3 Å². The molecule has 0 aliphatic heterocycles. The van der Waals surface area contributed by atoms with Gasteiger partial charge in [-0.2, -0.15) is 4.57 Å². The summed E-state index contributed by atoms with van der Waals surface area (Å²) in [5.74, 6) is 0.129. The predicted molar refractivity (Wildman–Crippen MR) is 115 cm³/mol. The number of thiophene rings is 1. The van der Waals surface area contributed by atoms with Crippen LogP contribution in [0.25, 0.3) is 0 Å². The van der Waals surface area contributed by atoms with Gasteiger partial charge in [0.25, 0.3) is 5.91 Å². The second kappa shape index (κ2) is 9.08. The summed E-state index contributed by atoms with van der Waals surface area (Å²) in [6.45, 7) is 10.2. The van der Waals surface area contributed by atoms with Crippen LogP contribution in [0.2, 0.25) is 0 Å². The molecule has 0 saturated heterocycles. The number of nitrogens with zero attached hydrogens (tertiary/aromatic N) is 1. The Kier molecular flexibility index (Phi) is 6.73. The van der Waals surface area contributed by atoms with Crippen LogP contribution in [-0.2, 0) is 35.3 Å². The van der Waals surface area contributed by atoms with Crippen molar-refractivity contribution in [2.24, 2.45) is 5.92 Å². The highest BCUT2D eigenvalue weighted by molar-refractivity contribution is 7.17. The van der Waals surface area contributed by atoms with Gasteiger partial charge in [-0.25, -0.2) is 4.79 Å². The number of hydrogen-bond acceptors (Lipinski definition) is 4. The van der Waals surface area contributed by atoms with Gasteiger partial charge in [-0.15, -0.1) is 11.3 Å². The highest BCUT2D eigenvalue weighted by atomic mass is 32.1. The lowest BCUT2D eigenvalue weighted by Gasteiger charge is -2.18. The number of amides is 1. The fourth-order valence-corrected chi connectivity index (χ4v) is 5.11. The van der Waals surface area contributed by atoms with E-state index in [4.69, 9.17) is 4.74 Å². The zero-order chi connectivity index (χ0) is 21.1. The Balaban J connectivity index is 1.86. The Morgan fingerprint density at radius 2 is 2.10 bits per heavy atom. The molecule has 156 valence electrons. The van der Waals surface area contributed by atoms with Crippen LogP contribution in [-0.4, -0.2) is 18.0 Å². The van der Waals surface area contributed by atoms with Crippen LogP contribution in [0.15, 0.2) is 18.3 Å². The Labute approximate surface area is 177 Å².